The van der Waals surface area contributed by atoms with Crippen molar-refractivity contribution in [3.8, 4) is 39.5 Å². The van der Waals surface area contributed by atoms with Crippen LogP contribution in [-0.2, 0) is 14.6 Å². The van der Waals surface area contributed by atoms with Crippen molar-refractivity contribution >= 4 is 21.7 Å². The lowest BCUT2D eigenvalue weighted by molar-refractivity contribution is -0.274. The van der Waals surface area contributed by atoms with E-state index in [-0.39, 0.29) is 17.3 Å². The molecule has 1 heterocycles. The standard InChI is InChI=1S/C29H26F3N3O5S/c1-18-35-27(19-7-10-23(11-8-19)40-29(30,31)32)28(39-18)25-16-21(20-5-4-6-24(15-20)41(3,36)37)9-12-26(25)34-14-13-22(33)17-38-2/h4-16H,17,33H2,1-3H3. The van der Waals surface area contributed by atoms with Gasteiger partial charge in [-0.2, -0.15) is 0 Å². The average Bonchev–Trinajstić information content (AvgIpc) is 3.29. The molecule has 4 aromatic rings. The molecule has 3 aromatic carbocycles. The molecule has 0 saturated carbocycles. The Bertz CT molecular complexity index is 1710. The summed E-state index contributed by atoms with van der Waals surface area (Å²) in [6, 6.07) is 17.1. The van der Waals surface area contributed by atoms with Crippen LogP contribution in [0.3, 0.4) is 0 Å². The lowest BCUT2D eigenvalue weighted by atomic mass is 9.98. The number of aromatic nitrogens is 1. The highest BCUT2D eigenvalue weighted by Gasteiger charge is 2.31. The van der Waals surface area contributed by atoms with E-state index >= 15 is 0 Å². The van der Waals surface area contributed by atoms with E-state index in [0.717, 1.165) is 6.26 Å². The van der Waals surface area contributed by atoms with Gasteiger partial charge in [0.25, 0.3) is 0 Å². The van der Waals surface area contributed by atoms with Gasteiger partial charge in [0.2, 0.25) is 0 Å². The van der Waals surface area contributed by atoms with Gasteiger partial charge in [0.1, 0.15) is 11.4 Å². The van der Waals surface area contributed by atoms with Crippen molar-refractivity contribution in [1.29, 1.82) is 0 Å². The molecular formula is C29H26F3N3O5S. The molecule has 0 aliphatic rings. The fraction of sp³-hybridized carbons (Fsp3) is 0.172. The second-order valence-electron chi connectivity index (χ2n) is 8.97. The first-order chi connectivity index (χ1) is 19.3. The van der Waals surface area contributed by atoms with Crippen molar-refractivity contribution in [3.63, 3.8) is 0 Å². The van der Waals surface area contributed by atoms with E-state index in [1.807, 2.05) is 0 Å². The number of rotatable bonds is 9. The Morgan fingerprint density at radius 2 is 1.73 bits per heavy atom. The van der Waals surface area contributed by atoms with Gasteiger partial charge in [-0.25, -0.2) is 13.4 Å². The SMILES string of the molecule is COCC(N)=CC=Nc1ccc(-c2cccc(S(C)(=O)=O)c2)cc1-c1oc(C)nc1-c1ccc(OC(F)(F)F)cc1. The molecule has 4 rings (SSSR count). The van der Waals surface area contributed by atoms with Crippen molar-refractivity contribution in [1.82, 2.24) is 4.98 Å². The van der Waals surface area contributed by atoms with Crippen LogP contribution in [0.1, 0.15) is 5.89 Å². The van der Waals surface area contributed by atoms with Gasteiger partial charge in [0, 0.05) is 43.3 Å². The third-order valence-corrected chi connectivity index (χ3v) is 6.86. The Morgan fingerprint density at radius 1 is 1.05 bits per heavy atom. The van der Waals surface area contributed by atoms with Crippen LogP contribution in [0.2, 0.25) is 0 Å². The summed E-state index contributed by atoms with van der Waals surface area (Å²) in [4.78, 5) is 9.17. The van der Waals surface area contributed by atoms with Crippen LogP contribution in [0.4, 0.5) is 18.9 Å². The molecule has 0 unspecified atom stereocenters. The number of oxazole rings is 1. The predicted molar refractivity (Wildman–Crippen MR) is 150 cm³/mol. The number of methoxy groups -OCH3 is 1. The molecule has 0 fully saturated rings. The molecule has 41 heavy (non-hydrogen) atoms. The lowest BCUT2D eigenvalue weighted by Crippen LogP contribution is -2.16. The Balaban J connectivity index is 1.85. The Labute approximate surface area is 234 Å². The smallest absolute Gasteiger partial charge is 0.440 e. The highest BCUT2D eigenvalue weighted by atomic mass is 32.2. The third-order valence-electron chi connectivity index (χ3n) is 5.75. The van der Waals surface area contributed by atoms with Gasteiger partial charge >= 0.3 is 6.36 Å². The highest BCUT2D eigenvalue weighted by molar-refractivity contribution is 7.90. The summed E-state index contributed by atoms with van der Waals surface area (Å²) in [5, 5.41) is 0. The molecule has 0 saturated heterocycles. The van der Waals surface area contributed by atoms with Crippen LogP contribution in [0.15, 0.2) is 92.8 Å². The van der Waals surface area contributed by atoms with Crippen LogP contribution in [0, 0.1) is 6.92 Å². The van der Waals surface area contributed by atoms with Crippen molar-refractivity contribution in [3.05, 3.63) is 84.4 Å². The minimum absolute atomic E-state index is 0.162. The van der Waals surface area contributed by atoms with Crippen LogP contribution >= 0.6 is 0 Å². The zero-order valence-electron chi connectivity index (χ0n) is 22.3. The van der Waals surface area contributed by atoms with E-state index in [4.69, 9.17) is 14.9 Å². The van der Waals surface area contributed by atoms with Crippen LogP contribution in [-0.4, -0.2) is 46.0 Å². The van der Waals surface area contributed by atoms with E-state index in [1.54, 1.807) is 49.4 Å². The van der Waals surface area contributed by atoms with Crippen molar-refractivity contribution in [2.45, 2.75) is 18.2 Å². The van der Waals surface area contributed by atoms with Gasteiger partial charge in [0.05, 0.1) is 17.2 Å². The molecule has 0 bridgehead atoms. The van der Waals surface area contributed by atoms with Gasteiger partial charge in [-0.05, 0) is 65.7 Å². The Kier molecular flexibility index (Phi) is 8.64. The van der Waals surface area contributed by atoms with Crippen molar-refractivity contribution in [2.75, 3.05) is 20.0 Å². The van der Waals surface area contributed by atoms with E-state index in [2.05, 4.69) is 14.7 Å². The first-order valence-corrected chi connectivity index (χ1v) is 14.0. The number of aryl methyl sites for hydroxylation is 1. The van der Waals surface area contributed by atoms with Crippen LogP contribution < -0.4 is 10.5 Å². The Hall–Kier alpha value is -4.42. The second kappa shape index (κ2) is 12.0. The zero-order valence-corrected chi connectivity index (χ0v) is 23.1. The predicted octanol–water partition coefficient (Wildman–Crippen LogP) is 6.48. The molecule has 2 N–H and O–H groups in total. The number of hydrogen-bond donors (Lipinski definition) is 1. The number of nitrogens with zero attached hydrogens (tertiary/aromatic N) is 2. The lowest BCUT2D eigenvalue weighted by Gasteiger charge is -2.11. The molecular weight excluding hydrogens is 559 g/mol. The van der Waals surface area contributed by atoms with E-state index in [9.17, 15) is 21.6 Å². The number of hydrogen-bond acceptors (Lipinski definition) is 8. The van der Waals surface area contributed by atoms with Crippen LogP contribution in [0.25, 0.3) is 33.7 Å². The van der Waals surface area contributed by atoms with E-state index < -0.39 is 16.2 Å². The molecule has 0 aliphatic carbocycles. The van der Waals surface area contributed by atoms with Gasteiger partial charge < -0.3 is 19.6 Å². The first-order valence-electron chi connectivity index (χ1n) is 12.1. The maximum atomic E-state index is 12.6. The molecule has 0 aliphatic heterocycles. The van der Waals surface area contributed by atoms with Crippen LogP contribution in [0.5, 0.6) is 5.75 Å². The molecule has 0 radical (unpaired) electrons. The normalized spacial score (nSPS) is 12.7. The largest absolute Gasteiger partial charge is 0.573 e. The summed E-state index contributed by atoms with van der Waals surface area (Å²) in [7, 11) is -1.93. The number of allylic oxidation sites excluding steroid dienone is 1. The fourth-order valence-corrected chi connectivity index (χ4v) is 4.63. The monoisotopic (exact) mass is 585 g/mol. The van der Waals surface area contributed by atoms with Gasteiger partial charge in [-0.1, -0.05) is 18.2 Å². The maximum Gasteiger partial charge on any atom is 0.573 e. The average molecular weight is 586 g/mol. The Morgan fingerprint density at radius 3 is 2.39 bits per heavy atom. The quantitative estimate of drug-likeness (QED) is 0.224. The molecule has 12 heteroatoms. The molecule has 0 spiro atoms. The third kappa shape index (κ3) is 7.62. The minimum atomic E-state index is -4.82. The van der Waals surface area contributed by atoms with Gasteiger partial charge in [-0.15, -0.1) is 13.2 Å². The summed E-state index contributed by atoms with van der Waals surface area (Å²) in [6.07, 6.45) is -0.598. The second-order valence-corrected chi connectivity index (χ2v) is 11.0. The number of alkyl halides is 3. The van der Waals surface area contributed by atoms with Crippen molar-refractivity contribution < 1.29 is 35.5 Å². The van der Waals surface area contributed by atoms with Crippen molar-refractivity contribution in [2.24, 2.45) is 10.7 Å². The summed E-state index contributed by atoms with van der Waals surface area (Å²) in [5.41, 5.74) is 9.48. The molecule has 1 aromatic heterocycles. The summed E-state index contributed by atoms with van der Waals surface area (Å²) in [6.45, 7) is 1.86. The number of ether oxygens (including phenoxy) is 2. The number of nitrogens with two attached hydrogens (primary N) is 1. The molecule has 0 atom stereocenters. The fourth-order valence-electron chi connectivity index (χ4n) is 3.96. The topological polar surface area (TPSA) is 117 Å². The zero-order chi connectivity index (χ0) is 29.8. The first kappa shape index (κ1) is 29.6. The van der Waals surface area contributed by atoms with E-state index in [0.29, 0.717) is 51.0 Å². The van der Waals surface area contributed by atoms with Gasteiger partial charge in [0.15, 0.2) is 21.5 Å². The summed E-state index contributed by atoms with van der Waals surface area (Å²) in [5.74, 6) is 0.254. The summed E-state index contributed by atoms with van der Waals surface area (Å²) < 4.78 is 77.2. The minimum Gasteiger partial charge on any atom is -0.440 e. The van der Waals surface area contributed by atoms with E-state index in [1.165, 1.54) is 43.7 Å². The molecule has 214 valence electrons. The number of halogens is 3. The number of benzene rings is 3. The molecule has 8 nitrogen and oxygen atoms in total. The highest BCUT2D eigenvalue weighted by Crippen LogP contribution is 2.41. The number of aliphatic imine (C=N–C) groups is 1. The maximum absolute atomic E-state index is 12.6. The van der Waals surface area contributed by atoms with Gasteiger partial charge in [-0.3, -0.25) is 4.99 Å². The summed E-state index contributed by atoms with van der Waals surface area (Å²) >= 11 is 0. The molecule has 0 amide bonds. The number of sulfone groups is 1.